The summed E-state index contributed by atoms with van der Waals surface area (Å²) in [6, 6.07) is 18.3. The molecular formula is C20H27NO3S. The zero-order chi connectivity index (χ0) is 18.3. The van der Waals surface area contributed by atoms with Gasteiger partial charge in [-0.1, -0.05) is 62.4 Å². The maximum absolute atomic E-state index is 12.9. The third-order valence-corrected chi connectivity index (χ3v) is 5.82. The number of aliphatic hydroxyl groups excluding tert-OH is 1. The number of rotatable bonds is 9. The molecule has 0 saturated heterocycles. The normalized spacial score (nSPS) is 13.3. The van der Waals surface area contributed by atoms with Crippen LogP contribution in [0, 0.1) is 5.92 Å². The predicted octanol–water partition coefficient (Wildman–Crippen LogP) is 3.33. The quantitative estimate of drug-likeness (QED) is 0.745. The van der Waals surface area contributed by atoms with Crippen molar-refractivity contribution >= 4 is 10.0 Å². The van der Waals surface area contributed by atoms with E-state index in [1.54, 1.807) is 30.3 Å². The summed E-state index contributed by atoms with van der Waals surface area (Å²) >= 11 is 0. The van der Waals surface area contributed by atoms with E-state index >= 15 is 0 Å². The van der Waals surface area contributed by atoms with Crippen LogP contribution in [0.3, 0.4) is 0 Å². The monoisotopic (exact) mass is 361 g/mol. The van der Waals surface area contributed by atoms with Gasteiger partial charge in [-0.05, 0) is 36.5 Å². The van der Waals surface area contributed by atoms with E-state index in [1.165, 1.54) is 4.31 Å². The zero-order valence-corrected chi connectivity index (χ0v) is 15.7. The van der Waals surface area contributed by atoms with E-state index in [0.29, 0.717) is 13.0 Å². The molecule has 0 aliphatic carbocycles. The van der Waals surface area contributed by atoms with Gasteiger partial charge in [0.1, 0.15) is 0 Å². The lowest BCUT2D eigenvalue weighted by Gasteiger charge is -2.26. The Hall–Kier alpha value is -1.69. The maximum atomic E-state index is 12.9. The van der Waals surface area contributed by atoms with Crippen LogP contribution in [0.2, 0.25) is 0 Å². The van der Waals surface area contributed by atoms with Gasteiger partial charge < -0.3 is 5.11 Å². The van der Waals surface area contributed by atoms with Crippen LogP contribution in [0.5, 0.6) is 0 Å². The second kappa shape index (κ2) is 9.13. The zero-order valence-electron chi connectivity index (χ0n) is 14.9. The predicted molar refractivity (Wildman–Crippen MR) is 101 cm³/mol. The van der Waals surface area contributed by atoms with E-state index in [-0.39, 0.29) is 17.4 Å². The molecule has 136 valence electrons. The van der Waals surface area contributed by atoms with Crippen LogP contribution in [0.1, 0.15) is 25.8 Å². The Labute approximate surface area is 151 Å². The molecule has 1 atom stereocenters. The van der Waals surface area contributed by atoms with Crippen molar-refractivity contribution in [3.05, 3.63) is 66.2 Å². The Morgan fingerprint density at radius 3 is 2.04 bits per heavy atom. The van der Waals surface area contributed by atoms with Gasteiger partial charge >= 0.3 is 0 Å². The summed E-state index contributed by atoms with van der Waals surface area (Å²) in [6.07, 6.45) is 0.559. The highest BCUT2D eigenvalue weighted by atomic mass is 32.2. The van der Waals surface area contributed by atoms with Gasteiger partial charge in [0.25, 0.3) is 0 Å². The first kappa shape index (κ1) is 19.6. The molecule has 0 radical (unpaired) electrons. The van der Waals surface area contributed by atoms with Gasteiger partial charge in [0.05, 0.1) is 11.0 Å². The number of benzene rings is 2. The van der Waals surface area contributed by atoms with Gasteiger partial charge in [-0.15, -0.1) is 0 Å². The second-order valence-corrected chi connectivity index (χ2v) is 8.64. The minimum Gasteiger partial charge on any atom is -0.392 e. The van der Waals surface area contributed by atoms with Gasteiger partial charge in [-0.25, -0.2) is 8.42 Å². The summed E-state index contributed by atoms with van der Waals surface area (Å²) < 4.78 is 27.2. The molecule has 4 nitrogen and oxygen atoms in total. The lowest BCUT2D eigenvalue weighted by Crippen LogP contribution is -2.40. The Kier molecular flexibility index (Phi) is 7.17. The largest absolute Gasteiger partial charge is 0.392 e. The molecule has 0 fully saturated rings. The average molecular weight is 362 g/mol. The molecule has 1 N–H and O–H groups in total. The van der Waals surface area contributed by atoms with Crippen LogP contribution >= 0.6 is 0 Å². The Morgan fingerprint density at radius 1 is 0.920 bits per heavy atom. The van der Waals surface area contributed by atoms with E-state index < -0.39 is 16.1 Å². The van der Waals surface area contributed by atoms with Crippen LogP contribution in [0.15, 0.2) is 65.6 Å². The van der Waals surface area contributed by atoms with E-state index in [9.17, 15) is 13.5 Å². The van der Waals surface area contributed by atoms with Gasteiger partial charge in [0.2, 0.25) is 10.0 Å². The van der Waals surface area contributed by atoms with Crippen molar-refractivity contribution < 1.29 is 13.5 Å². The number of aryl methyl sites for hydroxylation is 1. The molecule has 2 aromatic rings. The van der Waals surface area contributed by atoms with E-state index in [2.05, 4.69) is 0 Å². The smallest absolute Gasteiger partial charge is 0.243 e. The molecule has 25 heavy (non-hydrogen) atoms. The first-order chi connectivity index (χ1) is 11.9. The molecular weight excluding hydrogens is 334 g/mol. The van der Waals surface area contributed by atoms with E-state index in [1.807, 2.05) is 44.2 Å². The van der Waals surface area contributed by atoms with Gasteiger partial charge in [0.15, 0.2) is 0 Å². The third-order valence-electron chi connectivity index (χ3n) is 3.97. The van der Waals surface area contributed by atoms with E-state index in [0.717, 1.165) is 12.0 Å². The van der Waals surface area contributed by atoms with Crippen LogP contribution in [0.4, 0.5) is 0 Å². The fraction of sp³-hybridized carbons (Fsp3) is 0.400. The van der Waals surface area contributed by atoms with Crippen molar-refractivity contribution in [1.82, 2.24) is 4.31 Å². The van der Waals surface area contributed by atoms with Crippen molar-refractivity contribution in [3.63, 3.8) is 0 Å². The molecule has 0 amide bonds. The molecule has 0 spiro atoms. The molecule has 0 aliphatic rings. The number of nitrogens with zero attached hydrogens (tertiary/aromatic N) is 1. The summed E-state index contributed by atoms with van der Waals surface area (Å²) in [5.74, 6) is 0.180. The first-order valence-electron chi connectivity index (χ1n) is 8.67. The average Bonchev–Trinajstić information content (AvgIpc) is 2.60. The molecule has 2 rings (SSSR count). The summed E-state index contributed by atoms with van der Waals surface area (Å²) in [7, 11) is -3.60. The lowest BCUT2D eigenvalue weighted by atomic mass is 10.1. The SMILES string of the molecule is CC(C)CN(C[C@H](O)CCc1ccccc1)S(=O)(=O)c1ccccc1. The minimum atomic E-state index is -3.60. The summed E-state index contributed by atoms with van der Waals surface area (Å²) in [4.78, 5) is 0.269. The first-order valence-corrected chi connectivity index (χ1v) is 10.1. The molecule has 0 bridgehead atoms. The third kappa shape index (κ3) is 5.96. The van der Waals surface area contributed by atoms with Crippen LogP contribution in [-0.2, 0) is 16.4 Å². The number of hydrogen-bond donors (Lipinski definition) is 1. The second-order valence-electron chi connectivity index (χ2n) is 6.71. The van der Waals surface area contributed by atoms with Crippen molar-refractivity contribution in [1.29, 1.82) is 0 Å². The maximum Gasteiger partial charge on any atom is 0.243 e. The Morgan fingerprint density at radius 2 is 1.48 bits per heavy atom. The fourth-order valence-electron chi connectivity index (χ4n) is 2.72. The van der Waals surface area contributed by atoms with Crippen LogP contribution in [0.25, 0.3) is 0 Å². The Balaban J connectivity index is 2.07. The highest BCUT2D eigenvalue weighted by Crippen LogP contribution is 2.18. The summed E-state index contributed by atoms with van der Waals surface area (Å²) in [5, 5.41) is 10.4. The standard InChI is InChI=1S/C20H27NO3S/c1-17(2)15-21(25(23,24)20-11-7-4-8-12-20)16-19(22)14-13-18-9-5-3-6-10-18/h3-12,17,19,22H,13-16H2,1-2H3/t19-/m1/s1. The summed E-state index contributed by atoms with van der Waals surface area (Å²) in [6.45, 7) is 4.45. The van der Waals surface area contributed by atoms with Gasteiger partial charge in [0, 0.05) is 13.1 Å². The highest BCUT2D eigenvalue weighted by Gasteiger charge is 2.27. The molecule has 0 unspecified atom stereocenters. The molecule has 0 saturated carbocycles. The van der Waals surface area contributed by atoms with Crippen molar-refractivity contribution in [2.45, 2.75) is 37.7 Å². The minimum absolute atomic E-state index is 0.113. The van der Waals surface area contributed by atoms with Crippen molar-refractivity contribution in [2.75, 3.05) is 13.1 Å². The topological polar surface area (TPSA) is 57.6 Å². The number of aliphatic hydroxyl groups is 1. The van der Waals surface area contributed by atoms with Crippen molar-refractivity contribution in [2.24, 2.45) is 5.92 Å². The van der Waals surface area contributed by atoms with Crippen LogP contribution in [-0.4, -0.2) is 37.0 Å². The molecule has 2 aromatic carbocycles. The fourth-order valence-corrected chi connectivity index (χ4v) is 4.39. The highest BCUT2D eigenvalue weighted by molar-refractivity contribution is 7.89. The Bertz CT molecular complexity index is 730. The number of sulfonamides is 1. The van der Waals surface area contributed by atoms with Gasteiger partial charge in [-0.2, -0.15) is 4.31 Å². The molecule has 0 aliphatic heterocycles. The summed E-state index contributed by atoms with van der Waals surface area (Å²) in [5.41, 5.74) is 1.14. The van der Waals surface area contributed by atoms with Gasteiger partial charge in [-0.3, -0.25) is 0 Å². The molecule has 0 heterocycles. The molecule has 0 aromatic heterocycles. The molecule has 5 heteroatoms. The number of hydrogen-bond acceptors (Lipinski definition) is 3. The lowest BCUT2D eigenvalue weighted by molar-refractivity contribution is 0.133. The van der Waals surface area contributed by atoms with Crippen molar-refractivity contribution in [3.8, 4) is 0 Å². The van der Waals surface area contributed by atoms with E-state index in [4.69, 9.17) is 0 Å². The van der Waals surface area contributed by atoms with Crippen LogP contribution < -0.4 is 0 Å².